The van der Waals surface area contributed by atoms with Crippen LogP contribution in [-0.4, -0.2) is 23.5 Å². The number of benzene rings is 2. The van der Waals surface area contributed by atoms with Gasteiger partial charge in [-0.15, -0.1) is 0 Å². The van der Waals surface area contributed by atoms with Crippen LogP contribution in [0.25, 0.3) is 0 Å². The van der Waals surface area contributed by atoms with Gasteiger partial charge < -0.3 is 10.2 Å². The molecule has 0 radical (unpaired) electrons. The Morgan fingerprint density at radius 2 is 1.79 bits per heavy atom. The summed E-state index contributed by atoms with van der Waals surface area (Å²) >= 11 is 6.12. The van der Waals surface area contributed by atoms with Crippen molar-refractivity contribution in [2.45, 2.75) is 31.8 Å². The van der Waals surface area contributed by atoms with Crippen LogP contribution in [0.4, 0.5) is 9.18 Å². The molecule has 24 heavy (non-hydrogen) atoms. The second-order valence-corrected chi connectivity index (χ2v) is 6.43. The minimum atomic E-state index is -0.271. The molecule has 2 aromatic rings. The Morgan fingerprint density at radius 3 is 2.46 bits per heavy atom. The molecule has 2 amide bonds. The van der Waals surface area contributed by atoms with Crippen molar-refractivity contribution in [2.75, 3.05) is 6.54 Å². The number of amides is 2. The van der Waals surface area contributed by atoms with Gasteiger partial charge in [-0.2, -0.15) is 0 Å². The first kappa shape index (κ1) is 16.8. The van der Waals surface area contributed by atoms with Gasteiger partial charge in [0, 0.05) is 23.2 Å². The van der Waals surface area contributed by atoms with E-state index < -0.39 is 0 Å². The minimum Gasteiger partial charge on any atom is -0.338 e. The van der Waals surface area contributed by atoms with Crippen molar-refractivity contribution in [3.05, 3.63) is 70.5 Å². The van der Waals surface area contributed by atoms with Crippen molar-refractivity contribution >= 4 is 17.6 Å². The van der Waals surface area contributed by atoms with E-state index in [1.54, 1.807) is 23.1 Å². The first-order chi connectivity index (χ1) is 11.6. The molecule has 0 heterocycles. The predicted octanol–water partition coefficient (Wildman–Crippen LogP) is 4.40. The van der Waals surface area contributed by atoms with Gasteiger partial charge in [0.15, 0.2) is 0 Å². The summed E-state index contributed by atoms with van der Waals surface area (Å²) in [5.41, 5.74) is 1.55. The van der Waals surface area contributed by atoms with Crippen molar-refractivity contribution in [1.82, 2.24) is 10.2 Å². The average molecular weight is 347 g/mol. The lowest BCUT2D eigenvalue weighted by atomic mass is 10.1. The third kappa shape index (κ3) is 4.26. The maximum Gasteiger partial charge on any atom is 0.317 e. The molecule has 3 rings (SSSR count). The van der Waals surface area contributed by atoms with Crippen molar-refractivity contribution in [3.63, 3.8) is 0 Å². The van der Waals surface area contributed by atoms with Crippen LogP contribution in [0.1, 0.15) is 24.0 Å². The molecule has 5 heteroatoms. The van der Waals surface area contributed by atoms with Crippen LogP contribution in [0.5, 0.6) is 0 Å². The second kappa shape index (κ2) is 7.67. The van der Waals surface area contributed by atoms with Crippen LogP contribution in [0.15, 0.2) is 48.5 Å². The van der Waals surface area contributed by atoms with Gasteiger partial charge in [0.05, 0.1) is 6.54 Å². The molecule has 1 fully saturated rings. The normalized spacial score (nSPS) is 13.6. The Labute approximate surface area is 146 Å². The highest BCUT2D eigenvalue weighted by molar-refractivity contribution is 6.31. The number of hydrogen-bond acceptors (Lipinski definition) is 1. The van der Waals surface area contributed by atoms with E-state index in [1.807, 2.05) is 24.3 Å². The molecule has 0 unspecified atom stereocenters. The number of carbonyl (C=O) groups excluding carboxylic acids is 1. The average Bonchev–Trinajstić information content (AvgIpc) is 3.40. The Balaban J connectivity index is 1.57. The van der Waals surface area contributed by atoms with Gasteiger partial charge >= 0.3 is 6.03 Å². The van der Waals surface area contributed by atoms with Crippen LogP contribution in [0.3, 0.4) is 0 Å². The summed E-state index contributed by atoms with van der Waals surface area (Å²) in [7, 11) is 0. The SMILES string of the molecule is O=C(NCCc1ccccc1Cl)N(Cc1ccccc1F)C1CC1. The fraction of sp³-hybridized carbons (Fsp3) is 0.316. The van der Waals surface area contributed by atoms with E-state index in [0.717, 1.165) is 18.4 Å². The van der Waals surface area contributed by atoms with Gasteiger partial charge in [-0.3, -0.25) is 0 Å². The van der Waals surface area contributed by atoms with Gasteiger partial charge in [0.1, 0.15) is 5.82 Å². The molecule has 0 aliphatic heterocycles. The number of hydrogen-bond donors (Lipinski definition) is 1. The van der Waals surface area contributed by atoms with Crippen molar-refractivity contribution in [1.29, 1.82) is 0 Å². The third-order valence-corrected chi connectivity index (χ3v) is 4.54. The maximum absolute atomic E-state index is 13.8. The number of halogens is 2. The lowest BCUT2D eigenvalue weighted by Crippen LogP contribution is -2.41. The zero-order valence-electron chi connectivity index (χ0n) is 13.3. The van der Waals surface area contributed by atoms with E-state index >= 15 is 0 Å². The molecular weight excluding hydrogens is 327 g/mol. The number of urea groups is 1. The molecule has 0 saturated heterocycles. The molecule has 0 aromatic heterocycles. The fourth-order valence-electron chi connectivity index (χ4n) is 2.67. The molecule has 3 nitrogen and oxygen atoms in total. The van der Waals surface area contributed by atoms with Gasteiger partial charge in [0.2, 0.25) is 0 Å². The molecule has 0 spiro atoms. The van der Waals surface area contributed by atoms with E-state index in [4.69, 9.17) is 11.6 Å². The number of rotatable bonds is 6. The summed E-state index contributed by atoms with van der Waals surface area (Å²) in [6, 6.07) is 14.3. The molecule has 1 saturated carbocycles. The molecule has 126 valence electrons. The Morgan fingerprint density at radius 1 is 1.12 bits per heavy atom. The number of nitrogens with one attached hydrogen (secondary N) is 1. The smallest absolute Gasteiger partial charge is 0.317 e. The van der Waals surface area contributed by atoms with Gasteiger partial charge in [-0.05, 0) is 37.0 Å². The Bertz CT molecular complexity index is 718. The summed E-state index contributed by atoms with van der Waals surface area (Å²) < 4.78 is 13.8. The zero-order chi connectivity index (χ0) is 16.9. The molecule has 0 bridgehead atoms. The van der Waals surface area contributed by atoms with Crippen molar-refractivity contribution in [2.24, 2.45) is 0 Å². The lowest BCUT2D eigenvalue weighted by molar-refractivity contribution is 0.191. The molecule has 2 aromatic carbocycles. The lowest BCUT2D eigenvalue weighted by Gasteiger charge is -2.23. The van der Waals surface area contributed by atoms with Crippen molar-refractivity contribution in [3.8, 4) is 0 Å². The first-order valence-corrected chi connectivity index (χ1v) is 8.54. The zero-order valence-corrected chi connectivity index (χ0v) is 14.1. The monoisotopic (exact) mass is 346 g/mol. The van der Waals surface area contributed by atoms with E-state index in [1.165, 1.54) is 6.07 Å². The molecule has 1 aliphatic carbocycles. The quantitative estimate of drug-likeness (QED) is 0.826. The molecule has 1 aliphatic rings. The van der Waals surface area contributed by atoms with Crippen LogP contribution < -0.4 is 5.32 Å². The fourth-order valence-corrected chi connectivity index (χ4v) is 2.90. The summed E-state index contributed by atoms with van der Waals surface area (Å²) in [5, 5.41) is 3.63. The Kier molecular flexibility index (Phi) is 5.36. The van der Waals surface area contributed by atoms with E-state index in [-0.39, 0.29) is 17.9 Å². The second-order valence-electron chi connectivity index (χ2n) is 6.02. The highest BCUT2D eigenvalue weighted by Gasteiger charge is 2.32. The van der Waals surface area contributed by atoms with Crippen LogP contribution in [-0.2, 0) is 13.0 Å². The molecular formula is C19H20ClFN2O. The molecule has 1 N–H and O–H groups in total. The number of nitrogens with zero attached hydrogens (tertiary/aromatic N) is 1. The van der Waals surface area contributed by atoms with E-state index in [9.17, 15) is 9.18 Å². The van der Waals surface area contributed by atoms with Crippen LogP contribution >= 0.6 is 11.6 Å². The predicted molar refractivity (Wildman–Crippen MR) is 93.5 cm³/mol. The highest BCUT2D eigenvalue weighted by atomic mass is 35.5. The van der Waals surface area contributed by atoms with Gasteiger partial charge in [0.25, 0.3) is 0 Å². The van der Waals surface area contributed by atoms with Crippen LogP contribution in [0, 0.1) is 5.82 Å². The third-order valence-electron chi connectivity index (χ3n) is 4.18. The summed E-state index contributed by atoms with van der Waals surface area (Å²) in [5.74, 6) is -0.271. The van der Waals surface area contributed by atoms with Crippen LogP contribution in [0.2, 0.25) is 5.02 Å². The Hall–Kier alpha value is -2.07. The largest absolute Gasteiger partial charge is 0.338 e. The minimum absolute atomic E-state index is 0.146. The molecule has 0 atom stereocenters. The summed E-state index contributed by atoms with van der Waals surface area (Å²) in [4.78, 5) is 14.2. The summed E-state index contributed by atoms with van der Waals surface area (Å²) in [6.07, 6.45) is 2.63. The first-order valence-electron chi connectivity index (χ1n) is 8.16. The van der Waals surface area contributed by atoms with E-state index in [2.05, 4.69) is 5.32 Å². The maximum atomic E-state index is 13.8. The van der Waals surface area contributed by atoms with Gasteiger partial charge in [-0.25, -0.2) is 9.18 Å². The highest BCUT2D eigenvalue weighted by Crippen LogP contribution is 2.28. The van der Waals surface area contributed by atoms with Crippen molar-refractivity contribution < 1.29 is 9.18 Å². The standard InChI is InChI=1S/C19H20ClFN2O/c20-17-7-3-1-5-14(17)11-12-22-19(24)23(16-9-10-16)13-15-6-2-4-8-18(15)21/h1-8,16H,9-13H2,(H,22,24). The number of carbonyl (C=O) groups is 1. The topological polar surface area (TPSA) is 32.3 Å². The van der Waals surface area contributed by atoms with Gasteiger partial charge in [-0.1, -0.05) is 48.0 Å². The van der Waals surface area contributed by atoms with E-state index in [0.29, 0.717) is 30.1 Å². The summed E-state index contributed by atoms with van der Waals surface area (Å²) in [6.45, 7) is 0.804.